The number of amides is 2. The van der Waals surface area contributed by atoms with Gasteiger partial charge in [-0.15, -0.1) is 0 Å². The van der Waals surface area contributed by atoms with Crippen LogP contribution in [0.1, 0.15) is 29.3 Å². The highest BCUT2D eigenvalue weighted by Crippen LogP contribution is 2.06. The van der Waals surface area contributed by atoms with Crippen LogP contribution in [0.25, 0.3) is 0 Å². The van der Waals surface area contributed by atoms with Gasteiger partial charge in [-0.05, 0) is 25.1 Å². The molecule has 0 radical (unpaired) electrons. The zero-order valence-corrected chi connectivity index (χ0v) is 12.9. The average Bonchev–Trinajstić information content (AvgIpc) is 2.54. The number of halogens is 1. The molecule has 23 heavy (non-hydrogen) atoms. The van der Waals surface area contributed by atoms with E-state index in [1.165, 1.54) is 6.07 Å². The molecule has 0 fully saturated rings. The Labute approximate surface area is 134 Å². The summed E-state index contributed by atoms with van der Waals surface area (Å²) in [6, 6.07) is 14.8. The third-order valence-corrected chi connectivity index (χ3v) is 3.34. The zero-order valence-electron chi connectivity index (χ0n) is 12.9. The van der Waals surface area contributed by atoms with Gasteiger partial charge in [-0.2, -0.15) is 0 Å². The number of carbonyl (C=O) groups excluding carboxylic acids is 2. The second kappa shape index (κ2) is 8.08. The van der Waals surface area contributed by atoms with Crippen molar-refractivity contribution in [3.63, 3.8) is 0 Å². The smallest absolute Gasteiger partial charge is 0.251 e. The summed E-state index contributed by atoms with van der Waals surface area (Å²) < 4.78 is 13.5. The van der Waals surface area contributed by atoms with E-state index in [9.17, 15) is 14.0 Å². The van der Waals surface area contributed by atoms with Gasteiger partial charge < -0.3 is 10.6 Å². The third-order valence-electron chi connectivity index (χ3n) is 3.34. The van der Waals surface area contributed by atoms with Crippen LogP contribution in [-0.2, 0) is 11.3 Å². The maximum Gasteiger partial charge on any atom is 0.251 e. The van der Waals surface area contributed by atoms with Gasteiger partial charge in [-0.1, -0.05) is 36.4 Å². The molecule has 0 aliphatic heterocycles. The molecule has 1 atom stereocenters. The second-order valence-corrected chi connectivity index (χ2v) is 5.31. The van der Waals surface area contributed by atoms with Crippen LogP contribution in [0.15, 0.2) is 54.6 Å². The molecule has 4 nitrogen and oxygen atoms in total. The maximum atomic E-state index is 13.5. The fraction of sp³-hybridized carbons (Fsp3) is 0.222. The molecule has 2 N–H and O–H groups in total. The number of carbonyl (C=O) groups is 2. The summed E-state index contributed by atoms with van der Waals surface area (Å²) in [4.78, 5) is 23.8. The van der Waals surface area contributed by atoms with Crippen LogP contribution in [0.3, 0.4) is 0 Å². The molecule has 0 spiro atoms. The molecule has 5 heteroatoms. The van der Waals surface area contributed by atoms with Crippen LogP contribution in [0.2, 0.25) is 0 Å². The standard InChI is InChI=1S/C18H19FN2O2/c1-13(21-18(23)14-7-3-2-4-8-14)11-17(22)20-12-15-9-5-6-10-16(15)19/h2-10,13H,11-12H2,1H3,(H,20,22)(H,21,23). The summed E-state index contributed by atoms with van der Waals surface area (Å²) >= 11 is 0. The Hall–Kier alpha value is -2.69. The zero-order chi connectivity index (χ0) is 16.7. The lowest BCUT2D eigenvalue weighted by atomic mass is 10.1. The molecule has 2 amide bonds. The average molecular weight is 314 g/mol. The normalized spacial score (nSPS) is 11.6. The lowest BCUT2D eigenvalue weighted by Gasteiger charge is -2.14. The molecular formula is C18H19FN2O2. The van der Waals surface area contributed by atoms with Gasteiger partial charge in [0.15, 0.2) is 0 Å². The fourth-order valence-corrected chi connectivity index (χ4v) is 2.13. The molecule has 0 aliphatic rings. The molecule has 0 aromatic heterocycles. The van der Waals surface area contributed by atoms with Gasteiger partial charge in [0.2, 0.25) is 5.91 Å². The molecule has 1 unspecified atom stereocenters. The lowest BCUT2D eigenvalue weighted by Crippen LogP contribution is -2.37. The predicted octanol–water partition coefficient (Wildman–Crippen LogP) is 2.65. The topological polar surface area (TPSA) is 58.2 Å². The van der Waals surface area contributed by atoms with Gasteiger partial charge in [-0.3, -0.25) is 9.59 Å². The Bertz CT molecular complexity index is 674. The second-order valence-electron chi connectivity index (χ2n) is 5.31. The summed E-state index contributed by atoms with van der Waals surface area (Å²) in [5.74, 6) is -0.813. The van der Waals surface area contributed by atoms with Crippen molar-refractivity contribution >= 4 is 11.8 Å². The van der Waals surface area contributed by atoms with Crippen LogP contribution in [0.5, 0.6) is 0 Å². The van der Waals surface area contributed by atoms with Crippen LogP contribution in [0, 0.1) is 5.82 Å². The van der Waals surface area contributed by atoms with Gasteiger partial charge in [0.1, 0.15) is 5.82 Å². The van der Waals surface area contributed by atoms with E-state index in [0.29, 0.717) is 11.1 Å². The van der Waals surface area contributed by atoms with E-state index < -0.39 is 0 Å². The minimum atomic E-state index is -0.349. The highest BCUT2D eigenvalue weighted by molar-refractivity contribution is 5.94. The monoisotopic (exact) mass is 314 g/mol. The van der Waals surface area contributed by atoms with Crippen LogP contribution >= 0.6 is 0 Å². The Morgan fingerprint density at radius 2 is 1.70 bits per heavy atom. The summed E-state index contributed by atoms with van der Waals surface area (Å²) in [7, 11) is 0. The number of nitrogens with one attached hydrogen (secondary N) is 2. The van der Waals surface area contributed by atoms with E-state index in [4.69, 9.17) is 0 Å². The summed E-state index contributed by atoms with van der Waals surface area (Å²) in [6.45, 7) is 1.88. The molecule has 0 bridgehead atoms. The van der Waals surface area contributed by atoms with Gasteiger partial charge >= 0.3 is 0 Å². The van der Waals surface area contributed by atoms with Crippen molar-refractivity contribution in [1.29, 1.82) is 0 Å². The molecule has 0 saturated heterocycles. The van der Waals surface area contributed by atoms with Crippen molar-refractivity contribution in [2.24, 2.45) is 0 Å². The van der Waals surface area contributed by atoms with Gasteiger partial charge in [0, 0.05) is 30.1 Å². The van der Waals surface area contributed by atoms with Gasteiger partial charge in [-0.25, -0.2) is 4.39 Å². The first-order chi connectivity index (χ1) is 11.1. The van der Waals surface area contributed by atoms with Crippen molar-refractivity contribution < 1.29 is 14.0 Å². The summed E-state index contributed by atoms with van der Waals surface area (Å²) in [6.07, 6.45) is 0.132. The van der Waals surface area contributed by atoms with Gasteiger partial charge in [0.25, 0.3) is 5.91 Å². The number of rotatable bonds is 6. The Morgan fingerprint density at radius 1 is 1.04 bits per heavy atom. The molecule has 0 saturated carbocycles. The van der Waals surface area contributed by atoms with Crippen molar-refractivity contribution in [2.45, 2.75) is 25.9 Å². The Balaban J connectivity index is 1.79. The first-order valence-corrected chi connectivity index (χ1v) is 7.42. The maximum absolute atomic E-state index is 13.5. The number of hydrogen-bond donors (Lipinski definition) is 2. The molecule has 2 aromatic carbocycles. The van der Waals surface area contributed by atoms with Crippen LogP contribution < -0.4 is 10.6 Å². The molecule has 2 rings (SSSR count). The Morgan fingerprint density at radius 3 is 2.39 bits per heavy atom. The fourth-order valence-electron chi connectivity index (χ4n) is 2.13. The minimum absolute atomic E-state index is 0.130. The highest BCUT2D eigenvalue weighted by atomic mass is 19.1. The molecular weight excluding hydrogens is 295 g/mol. The first-order valence-electron chi connectivity index (χ1n) is 7.42. The SMILES string of the molecule is CC(CC(=O)NCc1ccccc1F)NC(=O)c1ccccc1. The van der Waals surface area contributed by atoms with E-state index >= 15 is 0 Å². The largest absolute Gasteiger partial charge is 0.352 e. The quantitative estimate of drug-likeness (QED) is 0.861. The van der Waals surface area contributed by atoms with E-state index in [1.807, 2.05) is 6.07 Å². The van der Waals surface area contributed by atoms with Crippen molar-refractivity contribution in [3.05, 3.63) is 71.5 Å². The van der Waals surface area contributed by atoms with Crippen LogP contribution in [0.4, 0.5) is 4.39 Å². The number of benzene rings is 2. The van der Waals surface area contributed by atoms with E-state index in [0.717, 1.165) is 0 Å². The van der Waals surface area contributed by atoms with Crippen molar-refractivity contribution in [2.75, 3.05) is 0 Å². The first kappa shape index (κ1) is 16.7. The molecule has 120 valence electrons. The van der Waals surface area contributed by atoms with E-state index in [1.54, 1.807) is 49.4 Å². The molecule has 2 aromatic rings. The summed E-state index contributed by atoms with van der Waals surface area (Å²) in [5, 5.41) is 5.42. The summed E-state index contributed by atoms with van der Waals surface area (Å²) in [5.41, 5.74) is 0.980. The Kier molecular flexibility index (Phi) is 5.86. The number of hydrogen-bond acceptors (Lipinski definition) is 2. The lowest BCUT2D eigenvalue weighted by molar-refractivity contribution is -0.121. The molecule has 0 heterocycles. The van der Waals surface area contributed by atoms with E-state index in [-0.39, 0.29) is 36.6 Å². The van der Waals surface area contributed by atoms with Crippen molar-refractivity contribution in [1.82, 2.24) is 10.6 Å². The highest BCUT2D eigenvalue weighted by Gasteiger charge is 2.13. The minimum Gasteiger partial charge on any atom is -0.352 e. The third kappa shape index (κ3) is 5.21. The molecule has 0 aliphatic carbocycles. The van der Waals surface area contributed by atoms with Crippen LogP contribution in [-0.4, -0.2) is 17.9 Å². The van der Waals surface area contributed by atoms with E-state index in [2.05, 4.69) is 10.6 Å². The van der Waals surface area contributed by atoms with Crippen molar-refractivity contribution in [3.8, 4) is 0 Å². The van der Waals surface area contributed by atoms with Gasteiger partial charge in [0.05, 0.1) is 0 Å². The predicted molar refractivity (Wildman–Crippen MR) is 86.2 cm³/mol.